The summed E-state index contributed by atoms with van der Waals surface area (Å²) in [7, 11) is 1.65. The SMILES string of the molecule is CCc1ccc2c(c1)c(C1=CC=C(C)NC1OC)c(C(C)=O)n2Cc1ccccc1F. The van der Waals surface area contributed by atoms with Crippen molar-refractivity contribution in [1.29, 1.82) is 0 Å². The van der Waals surface area contributed by atoms with Crippen molar-refractivity contribution in [1.82, 2.24) is 9.88 Å². The highest BCUT2D eigenvalue weighted by molar-refractivity contribution is 6.08. The Labute approximate surface area is 182 Å². The molecule has 1 unspecified atom stereocenters. The summed E-state index contributed by atoms with van der Waals surface area (Å²) < 4.78 is 22.1. The summed E-state index contributed by atoms with van der Waals surface area (Å²) in [6.45, 7) is 5.92. The molecule has 4 nitrogen and oxygen atoms in total. The zero-order valence-electron chi connectivity index (χ0n) is 18.3. The number of carbonyl (C=O) groups is 1. The van der Waals surface area contributed by atoms with Crippen LogP contribution in [0.4, 0.5) is 4.39 Å². The zero-order chi connectivity index (χ0) is 22.1. The second kappa shape index (κ2) is 8.52. The van der Waals surface area contributed by atoms with Crippen molar-refractivity contribution in [3.63, 3.8) is 0 Å². The lowest BCUT2D eigenvalue weighted by Crippen LogP contribution is -2.33. The second-order valence-corrected chi connectivity index (χ2v) is 7.89. The Morgan fingerprint density at radius 3 is 2.65 bits per heavy atom. The molecule has 31 heavy (non-hydrogen) atoms. The topological polar surface area (TPSA) is 43.3 Å². The number of ether oxygens (including phenoxy) is 1. The number of allylic oxidation sites excluding steroid dienone is 3. The highest BCUT2D eigenvalue weighted by atomic mass is 19.1. The maximum absolute atomic E-state index is 14.5. The number of nitrogens with one attached hydrogen (secondary N) is 1. The molecule has 4 rings (SSSR count). The fraction of sp³-hybridized carbons (Fsp3) is 0.269. The van der Waals surface area contributed by atoms with Crippen LogP contribution in [0.5, 0.6) is 0 Å². The summed E-state index contributed by atoms with van der Waals surface area (Å²) >= 11 is 0. The highest BCUT2D eigenvalue weighted by Crippen LogP contribution is 2.37. The van der Waals surface area contributed by atoms with E-state index in [4.69, 9.17) is 4.74 Å². The van der Waals surface area contributed by atoms with Crippen LogP contribution in [0.15, 0.2) is 60.3 Å². The molecule has 2 aromatic carbocycles. The molecule has 0 saturated carbocycles. The van der Waals surface area contributed by atoms with Crippen LogP contribution < -0.4 is 5.32 Å². The van der Waals surface area contributed by atoms with Gasteiger partial charge in [0.25, 0.3) is 0 Å². The molecule has 0 amide bonds. The smallest absolute Gasteiger partial charge is 0.176 e. The lowest BCUT2D eigenvalue weighted by molar-refractivity contribution is 0.100. The molecule has 1 atom stereocenters. The van der Waals surface area contributed by atoms with Gasteiger partial charge in [-0.15, -0.1) is 0 Å². The number of rotatable bonds is 6. The first-order chi connectivity index (χ1) is 14.9. The van der Waals surface area contributed by atoms with Crippen molar-refractivity contribution in [2.45, 2.75) is 40.0 Å². The van der Waals surface area contributed by atoms with Gasteiger partial charge in [-0.1, -0.05) is 37.3 Å². The molecule has 1 aromatic heterocycles. The molecular weight excluding hydrogens is 391 g/mol. The third-order valence-corrected chi connectivity index (χ3v) is 5.83. The number of hydrogen-bond acceptors (Lipinski definition) is 3. The lowest BCUT2D eigenvalue weighted by atomic mass is 9.95. The van der Waals surface area contributed by atoms with Crippen molar-refractivity contribution in [2.75, 3.05) is 7.11 Å². The minimum atomic E-state index is -0.374. The van der Waals surface area contributed by atoms with Gasteiger partial charge in [-0.3, -0.25) is 4.79 Å². The molecule has 1 aliphatic rings. The Balaban J connectivity index is 2.04. The van der Waals surface area contributed by atoms with Gasteiger partial charge < -0.3 is 14.6 Å². The molecule has 0 aliphatic carbocycles. The van der Waals surface area contributed by atoms with Gasteiger partial charge in [-0.05, 0) is 43.2 Å². The van der Waals surface area contributed by atoms with Crippen LogP contribution in [0.1, 0.15) is 48.0 Å². The molecule has 0 saturated heterocycles. The molecule has 0 spiro atoms. The predicted molar refractivity (Wildman–Crippen MR) is 122 cm³/mol. The number of ketones is 1. The van der Waals surface area contributed by atoms with Crippen LogP contribution >= 0.6 is 0 Å². The number of nitrogens with zero attached hydrogens (tertiary/aromatic N) is 1. The number of fused-ring (bicyclic) bond motifs is 1. The fourth-order valence-corrected chi connectivity index (χ4v) is 4.28. The second-order valence-electron chi connectivity index (χ2n) is 7.89. The number of hydrogen-bond donors (Lipinski definition) is 1. The van der Waals surface area contributed by atoms with Crippen LogP contribution in [-0.2, 0) is 17.7 Å². The first kappa shape index (κ1) is 21.1. The van der Waals surface area contributed by atoms with E-state index in [0.29, 0.717) is 11.3 Å². The van der Waals surface area contributed by atoms with E-state index in [0.717, 1.165) is 34.2 Å². The average Bonchev–Trinajstić information content (AvgIpc) is 3.08. The number of dihydropyridines is 1. The quantitative estimate of drug-likeness (QED) is 0.541. The van der Waals surface area contributed by atoms with Crippen LogP contribution in [0, 0.1) is 5.82 Å². The van der Waals surface area contributed by atoms with E-state index >= 15 is 0 Å². The summed E-state index contributed by atoms with van der Waals surface area (Å²) in [4.78, 5) is 13.0. The fourth-order valence-electron chi connectivity index (χ4n) is 4.28. The predicted octanol–water partition coefficient (Wildman–Crippen LogP) is 5.46. The Kier molecular flexibility index (Phi) is 5.79. The van der Waals surface area contributed by atoms with Gasteiger partial charge in [0.1, 0.15) is 5.82 Å². The van der Waals surface area contributed by atoms with Gasteiger partial charge in [0.2, 0.25) is 0 Å². The maximum atomic E-state index is 14.5. The number of aromatic nitrogens is 1. The summed E-state index contributed by atoms with van der Waals surface area (Å²) in [5.74, 6) is -0.347. The van der Waals surface area contributed by atoms with E-state index in [1.807, 2.05) is 35.8 Å². The molecule has 0 radical (unpaired) electrons. The maximum Gasteiger partial charge on any atom is 0.176 e. The molecule has 1 N–H and O–H groups in total. The molecule has 160 valence electrons. The molecule has 3 aromatic rings. The summed E-state index contributed by atoms with van der Waals surface area (Å²) in [6.07, 6.45) is 4.50. The van der Waals surface area contributed by atoms with Gasteiger partial charge in [0, 0.05) is 47.3 Å². The molecule has 5 heteroatoms. The van der Waals surface area contributed by atoms with Crippen LogP contribution in [0.3, 0.4) is 0 Å². The Hall–Kier alpha value is -3.18. The molecule has 0 fully saturated rings. The minimum absolute atomic E-state index is 0.0670. The van der Waals surface area contributed by atoms with Crippen molar-refractivity contribution < 1.29 is 13.9 Å². The van der Waals surface area contributed by atoms with E-state index in [1.54, 1.807) is 26.2 Å². The number of carbonyl (C=O) groups excluding carboxylic acids is 1. The minimum Gasteiger partial charge on any atom is -0.360 e. The molecule has 0 bridgehead atoms. The highest BCUT2D eigenvalue weighted by Gasteiger charge is 2.28. The summed E-state index contributed by atoms with van der Waals surface area (Å²) in [5, 5.41) is 4.31. The number of methoxy groups -OCH3 is 1. The zero-order valence-corrected chi connectivity index (χ0v) is 18.3. The monoisotopic (exact) mass is 418 g/mol. The molecular formula is C26H27FN2O2. The number of benzene rings is 2. The Bertz CT molecular complexity index is 1220. The van der Waals surface area contributed by atoms with E-state index in [9.17, 15) is 9.18 Å². The third kappa shape index (κ3) is 3.81. The number of halogens is 1. The van der Waals surface area contributed by atoms with Gasteiger partial charge in [-0.2, -0.15) is 0 Å². The van der Waals surface area contributed by atoms with Gasteiger partial charge in [0.05, 0.1) is 12.2 Å². The van der Waals surface area contributed by atoms with Gasteiger partial charge in [-0.25, -0.2) is 4.39 Å². The van der Waals surface area contributed by atoms with Crippen LogP contribution in [0.25, 0.3) is 16.5 Å². The Morgan fingerprint density at radius 2 is 1.97 bits per heavy atom. The van der Waals surface area contributed by atoms with Crippen LogP contribution in [-0.4, -0.2) is 23.7 Å². The molecule has 1 aliphatic heterocycles. The van der Waals surface area contributed by atoms with E-state index in [-0.39, 0.29) is 24.4 Å². The first-order valence-electron chi connectivity index (χ1n) is 10.5. The van der Waals surface area contributed by atoms with Crippen LogP contribution in [0.2, 0.25) is 0 Å². The van der Waals surface area contributed by atoms with E-state index in [2.05, 4.69) is 24.4 Å². The first-order valence-corrected chi connectivity index (χ1v) is 10.5. The van der Waals surface area contributed by atoms with Gasteiger partial charge in [0.15, 0.2) is 12.0 Å². The Morgan fingerprint density at radius 1 is 1.19 bits per heavy atom. The standard InChI is InChI=1S/C26H27FN2O2/c1-5-18-11-13-23-21(14-18)24(20-12-10-16(2)28-26(20)31-4)25(17(3)30)29(23)15-19-8-6-7-9-22(19)27/h6-14,26,28H,5,15H2,1-4H3. The number of Topliss-reactive ketones (excluding diaryl/α,β-unsaturated/α-hetero) is 1. The average molecular weight is 419 g/mol. The van der Waals surface area contributed by atoms with Gasteiger partial charge >= 0.3 is 0 Å². The largest absolute Gasteiger partial charge is 0.360 e. The van der Waals surface area contributed by atoms with Crippen molar-refractivity contribution >= 4 is 22.3 Å². The lowest BCUT2D eigenvalue weighted by Gasteiger charge is -2.25. The summed E-state index contributed by atoms with van der Waals surface area (Å²) in [5.41, 5.74) is 5.92. The number of aryl methyl sites for hydroxylation is 1. The van der Waals surface area contributed by atoms with Crippen molar-refractivity contribution in [3.8, 4) is 0 Å². The third-order valence-electron chi connectivity index (χ3n) is 5.83. The molecule has 2 heterocycles. The summed E-state index contributed by atoms with van der Waals surface area (Å²) in [6, 6.07) is 12.9. The van der Waals surface area contributed by atoms with E-state index < -0.39 is 0 Å². The van der Waals surface area contributed by atoms with Crippen molar-refractivity contribution in [3.05, 3.63) is 88.5 Å². The normalized spacial score (nSPS) is 16.1. The van der Waals surface area contributed by atoms with Crippen molar-refractivity contribution in [2.24, 2.45) is 0 Å². The van der Waals surface area contributed by atoms with E-state index in [1.165, 1.54) is 11.6 Å².